The highest BCUT2D eigenvalue weighted by molar-refractivity contribution is 5.74. The van der Waals surface area contributed by atoms with Crippen molar-refractivity contribution in [2.45, 2.75) is 32.4 Å². The van der Waals surface area contributed by atoms with E-state index >= 15 is 0 Å². The number of hydrogen-bond acceptors (Lipinski definition) is 4. The van der Waals surface area contributed by atoms with Crippen LogP contribution >= 0.6 is 0 Å². The van der Waals surface area contributed by atoms with Gasteiger partial charge in [0.15, 0.2) is 0 Å². The summed E-state index contributed by atoms with van der Waals surface area (Å²) in [5.41, 5.74) is 3.29. The summed E-state index contributed by atoms with van der Waals surface area (Å²) in [5.74, 6) is 0. The fourth-order valence-electron chi connectivity index (χ4n) is 3.10. The first-order valence-electron chi connectivity index (χ1n) is 7.46. The maximum absolute atomic E-state index is 4.42. The smallest absolute Gasteiger partial charge is 0.0890 e. The number of piperazine rings is 1. The van der Waals surface area contributed by atoms with Crippen molar-refractivity contribution in [1.29, 1.82) is 0 Å². The Balaban J connectivity index is 1.89. The maximum Gasteiger partial charge on any atom is 0.0890 e. The van der Waals surface area contributed by atoms with Crippen molar-refractivity contribution in [3.05, 3.63) is 36.2 Å². The number of nitrogens with one attached hydrogen (secondary N) is 1. The highest BCUT2D eigenvalue weighted by atomic mass is 15.2. The molecule has 0 amide bonds. The molecular weight excluding hydrogens is 248 g/mol. The molecular formula is C16H22N4. The van der Waals surface area contributed by atoms with E-state index in [0.717, 1.165) is 30.7 Å². The first-order chi connectivity index (χ1) is 9.79. The molecule has 0 saturated carbocycles. The zero-order valence-electron chi connectivity index (χ0n) is 12.2. The Labute approximate surface area is 120 Å². The zero-order valence-corrected chi connectivity index (χ0v) is 12.2. The van der Waals surface area contributed by atoms with Crippen molar-refractivity contribution in [3.8, 4) is 0 Å². The molecule has 1 unspecified atom stereocenters. The lowest BCUT2D eigenvalue weighted by atomic mass is 10.0. The van der Waals surface area contributed by atoms with Gasteiger partial charge in [0.1, 0.15) is 0 Å². The van der Waals surface area contributed by atoms with Gasteiger partial charge in [0.2, 0.25) is 0 Å². The molecule has 1 aromatic carbocycles. The fraction of sp³-hybridized carbons (Fsp3) is 0.500. The molecule has 0 spiro atoms. The highest BCUT2D eigenvalue weighted by Crippen LogP contribution is 2.26. The lowest BCUT2D eigenvalue weighted by Crippen LogP contribution is -2.51. The van der Waals surface area contributed by atoms with E-state index in [9.17, 15) is 0 Å². The first-order valence-corrected chi connectivity index (χ1v) is 7.46. The van der Waals surface area contributed by atoms with Gasteiger partial charge >= 0.3 is 0 Å². The Morgan fingerprint density at radius 3 is 2.90 bits per heavy atom. The molecule has 0 bridgehead atoms. The van der Waals surface area contributed by atoms with Crippen LogP contribution in [0.3, 0.4) is 0 Å². The van der Waals surface area contributed by atoms with Crippen LogP contribution in [0.4, 0.5) is 0 Å². The molecule has 1 saturated heterocycles. The van der Waals surface area contributed by atoms with Crippen LogP contribution in [-0.4, -0.2) is 40.5 Å². The maximum atomic E-state index is 4.42. The van der Waals surface area contributed by atoms with Gasteiger partial charge in [-0.15, -0.1) is 0 Å². The molecule has 1 aliphatic heterocycles. The molecule has 1 aromatic heterocycles. The topological polar surface area (TPSA) is 41.0 Å². The lowest BCUT2D eigenvalue weighted by Gasteiger charge is -2.40. The van der Waals surface area contributed by atoms with Crippen molar-refractivity contribution in [3.63, 3.8) is 0 Å². The van der Waals surface area contributed by atoms with Gasteiger partial charge in [0.05, 0.1) is 11.0 Å². The molecule has 4 heteroatoms. The van der Waals surface area contributed by atoms with Crippen molar-refractivity contribution >= 4 is 11.0 Å². The summed E-state index contributed by atoms with van der Waals surface area (Å²) >= 11 is 0. The van der Waals surface area contributed by atoms with Gasteiger partial charge in [-0.3, -0.25) is 14.9 Å². The van der Waals surface area contributed by atoms with Gasteiger partial charge < -0.3 is 5.32 Å². The number of nitrogens with zero attached hydrogens (tertiary/aromatic N) is 3. The quantitative estimate of drug-likeness (QED) is 0.929. The summed E-state index contributed by atoms with van der Waals surface area (Å²) in [6.07, 6.45) is 4.69. The van der Waals surface area contributed by atoms with Crippen molar-refractivity contribution in [2.24, 2.45) is 0 Å². The number of rotatable bonds is 3. The Bertz CT molecular complexity index is 583. The summed E-state index contributed by atoms with van der Waals surface area (Å²) < 4.78 is 0. The Hall–Kier alpha value is -1.52. The fourth-order valence-corrected chi connectivity index (χ4v) is 3.10. The van der Waals surface area contributed by atoms with Crippen LogP contribution in [0.2, 0.25) is 0 Å². The zero-order chi connectivity index (χ0) is 13.9. The van der Waals surface area contributed by atoms with E-state index in [-0.39, 0.29) is 0 Å². The minimum absolute atomic E-state index is 0.424. The Morgan fingerprint density at radius 1 is 1.30 bits per heavy atom. The molecule has 20 heavy (non-hydrogen) atoms. The van der Waals surface area contributed by atoms with Crippen LogP contribution in [0.25, 0.3) is 11.0 Å². The lowest BCUT2D eigenvalue weighted by molar-refractivity contribution is 0.112. The first kappa shape index (κ1) is 13.5. The SMILES string of the molecule is CC[C@@H]1CNCCN1C(C)c1ccc2nccnc2c1. The molecule has 2 atom stereocenters. The normalized spacial score (nSPS) is 22.0. The minimum Gasteiger partial charge on any atom is -0.314 e. The van der Waals surface area contributed by atoms with Crippen LogP contribution in [0, 0.1) is 0 Å². The summed E-state index contributed by atoms with van der Waals surface area (Å²) in [5, 5.41) is 3.49. The van der Waals surface area contributed by atoms with Gasteiger partial charge in [-0.1, -0.05) is 13.0 Å². The van der Waals surface area contributed by atoms with E-state index in [1.54, 1.807) is 12.4 Å². The van der Waals surface area contributed by atoms with Crippen molar-refractivity contribution in [2.75, 3.05) is 19.6 Å². The summed E-state index contributed by atoms with van der Waals surface area (Å²) in [6, 6.07) is 7.50. The molecule has 0 aliphatic carbocycles. The van der Waals surface area contributed by atoms with E-state index in [1.165, 1.54) is 12.0 Å². The van der Waals surface area contributed by atoms with E-state index in [1.807, 2.05) is 0 Å². The molecule has 2 aromatic rings. The second-order valence-electron chi connectivity index (χ2n) is 5.48. The average molecular weight is 270 g/mol. The predicted octanol–water partition coefficient (Wildman–Crippen LogP) is 2.37. The number of benzene rings is 1. The second kappa shape index (κ2) is 5.85. The van der Waals surface area contributed by atoms with Crippen LogP contribution in [0.15, 0.2) is 30.6 Å². The number of aromatic nitrogens is 2. The van der Waals surface area contributed by atoms with Crippen LogP contribution in [0.1, 0.15) is 31.9 Å². The molecule has 4 nitrogen and oxygen atoms in total. The van der Waals surface area contributed by atoms with E-state index in [0.29, 0.717) is 12.1 Å². The van der Waals surface area contributed by atoms with Gasteiger partial charge in [-0.05, 0) is 31.0 Å². The van der Waals surface area contributed by atoms with Crippen LogP contribution in [-0.2, 0) is 0 Å². The molecule has 0 radical (unpaired) electrons. The summed E-state index contributed by atoms with van der Waals surface area (Å²) in [7, 11) is 0. The molecule has 106 valence electrons. The average Bonchev–Trinajstić information content (AvgIpc) is 2.53. The Kier molecular flexibility index (Phi) is 3.94. The standard InChI is InChI=1S/C16H22N4/c1-3-14-11-17-8-9-20(14)12(2)13-4-5-15-16(10-13)19-7-6-18-15/h4-7,10,12,14,17H,3,8-9,11H2,1-2H3/t12?,14-/m1/s1. The third kappa shape index (κ3) is 2.53. The summed E-state index contributed by atoms with van der Waals surface area (Å²) in [4.78, 5) is 11.4. The molecule has 2 heterocycles. The van der Waals surface area contributed by atoms with Gasteiger partial charge in [-0.2, -0.15) is 0 Å². The van der Waals surface area contributed by atoms with Crippen molar-refractivity contribution < 1.29 is 0 Å². The van der Waals surface area contributed by atoms with Gasteiger partial charge in [-0.25, -0.2) is 0 Å². The van der Waals surface area contributed by atoms with Crippen LogP contribution < -0.4 is 5.32 Å². The van der Waals surface area contributed by atoms with E-state index < -0.39 is 0 Å². The predicted molar refractivity (Wildman–Crippen MR) is 81.6 cm³/mol. The molecule has 1 fully saturated rings. The monoisotopic (exact) mass is 270 g/mol. The van der Waals surface area contributed by atoms with E-state index in [4.69, 9.17) is 0 Å². The Morgan fingerprint density at radius 2 is 2.10 bits per heavy atom. The third-order valence-electron chi connectivity index (χ3n) is 4.34. The summed E-state index contributed by atoms with van der Waals surface area (Å²) in [6.45, 7) is 7.84. The van der Waals surface area contributed by atoms with E-state index in [2.05, 4.69) is 52.2 Å². The van der Waals surface area contributed by atoms with Crippen molar-refractivity contribution in [1.82, 2.24) is 20.2 Å². The third-order valence-corrected chi connectivity index (χ3v) is 4.34. The highest BCUT2D eigenvalue weighted by Gasteiger charge is 2.25. The molecule has 1 N–H and O–H groups in total. The van der Waals surface area contributed by atoms with Gasteiger partial charge in [0.25, 0.3) is 0 Å². The largest absolute Gasteiger partial charge is 0.314 e. The molecule has 3 rings (SSSR count). The second-order valence-corrected chi connectivity index (χ2v) is 5.48. The molecule has 1 aliphatic rings. The number of fused-ring (bicyclic) bond motifs is 1. The van der Waals surface area contributed by atoms with Crippen LogP contribution in [0.5, 0.6) is 0 Å². The van der Waals surface area contributed by atoms with Gasteiger partial charge in [0, 0.05) is 44.1 Å². The minimum atomic E-state index is 0.424. The number of hydrogen-bond donors (Lipinski definition) is 1.